The van der Waals surface area contributed by atoms with Gasteiger partial charge in [0.1, 0.15) is 0 Å². The van der Waals surface area contributed by atoms with E-state index in [1.165, 1.54) is 0 Å². The molecule has 2 unspecified atom stereocenters. The van der Waals surface area contributed by atoms with Crippen LogP contribution in [0.1, 0.15) is 34.1 Å². The average molecular weight is 203 g/mol. The molecule has 3 heteroatoms. The molecule has 0 saturated heterocycles. The SMILES string of the molecule is CCC(O)C(C)N(C)CCOC(C)C. The number of hydrogen-bond donors (Lipinski definition) is 1. The highest BCUT2D eigenvalue weighted by Gasteiger charge is 2.16. The summed E-state index contributed by atoms with van der Waals surface area (Å²) >= 11 is 0. The molecule has 0 saturated carbocycles. The Morgan fingerprint density at radius 1 is 1.29 bits per heavy atom. The van der Waals surface area contributed by atoms with Gasteiger partial charge in [-0.25, -0.2) is 0 Å². The van der Waals surface area contributed by atoms with Crippen molar-refractivity contribution >= 4 is 0 Å². The molecule has 3 nitrogen and oxygen atoms in total. The Bertz CT molecular complexity index is 139. The molecule has 0 fully saturated rings. The van der Waals surface area contributed by atoms with Crippen LogP contribution in [0.15, 0.2) is 0 Å². The Labute approximate surface area is 88.1 Å². The summed E-state index contributed by atoms with van der Waals surface area (Å²) in [5.74, 6) is 0. The highest BCUT2D eigenvalue weighted by Crippen LogP contribution is 2.05. The largest absolute Gasteiger partial charge is 0.392 e. The van der Waals surface area contributed by atoms with Gasteiger partial charge >= 0.3 is 0 Å². The quantitative estimate of drug-likeness (QED) is 0.680. The minimum atomic E-state index is -0.237. The number of ether oxygens (including phenoxy) is 1. The zero-order valence-corrected chi connectivity index (χ0v) is 10.2. The Morgan fingerprint density at radius 2 is 1.86 bits per heavy atom. The van der Waals surface area contributed by atoms with E-state index in [4.69, 9.17) is 4.74 Å². The van der Waals surface area contributed by atoms with Crippen LogP contribution in [0.3, 0.4) is 0 Å². The number of rotatable bonds is 7. The van der Waals surface area contributed by atoms with Crippen molar-refractivity contribution in [2.75, 3.05) is 20.2 Å². The molecular weight excluding hydrogens is 178 g/mol. The van der Waals surface area contributed by atoms with Crippen LogP contribution in [-0.2, 0) is 4.74 Å². The van der Waals surface area contributed by atoms with Gasteiger partial charge in [0.25, 0.3) is 0 Å². The molecule has 0 amide bonds. The number of nitrogens with zero attached hydrogens (tertiary/aromatic N) is 1. The molecular formula is C11H25NO2. The lowest BCUT2D eigenvalue weighted by Gasteiger charge is -2.28. The molecule has 0 spiro atoms. The van der Waals surface area contributed by atoms with Gasteiger partial charge in [0, 0.05) is 12.6 Å². The van der Waals surface area contributed by atoms with Crippen LogP contribution in [0, 0.1) is 0 Å². The molecule has 0 aliphatic carbocycles. The maximum atomic E-state index is 9.62. The predicted molar refractivity (Wildman–Crippen MR) is 59.5 cm³/mol. The normalized spacial score (nSPS) is 16.3. The molecule has 0 bridgehead atoms. The van der Waals surface area contributed by atoms with Gasteiger partial charge in [0.15, 0.2) is 0 Å². The average Bonchev–Trinajstić information content (AvgIpc) is 2.14. The second-order valence-electron chi connectivity index (χ2n) is 4.12. The summed E-state index contributed by atoms with van der Waals surface area (Å²) in [6.45, 7) is 9.71. The van der Waals surface area contributed by atoms with E-state index in [1.54, 1.807) is 0 Å². The highest BCUT2D eigenvalue weighted by atomic mass is 16.5. The van der Waals surface area contributed by atoms with E-state index in [9.17, 15) is 5.11 Å². The van der Waals surface area contributed by atoms with E-state index >= 15 is 0 Å². The predicted octanol–water partition coefficient (Wildman–Crippen LogP) is 1.50. The van der Waals surface area contributed by atoms with Crippen LogP contribution >= 0.6 is 0 Å². The Hall–Kier alpha value is -0.120. The highest BCUT2D eigenvalue weighted by molar-refractivity contribution is 4.70. The van der Waals surface area contributed by atoms with Gasteiger partial charge in [0.2, 0.25) is 0 Å². The van der Waals surface area contributed by atoms with Crippen molar-refractivity contribution < 1.29 is 9.84 Å². The standard InChI is InChI=1S/C11H25NO2/c1-6-11(13)10(4)12(5)7-8-14-9(2)3/h9-11,13H,6-8H2,1-5H3. The molecule has 0 heterocycles. The Morgan fingerprint density at radius 3 is 2.29 bits per heavy atom. The van der Waals surface area contributed by atoms with Gasteiger partial charge < -0.3 is 9.84 Å². The minimum Gasteiger partial charge on any atom is -0.392 e. The number of aliphatic hydroxyl groups excluding tert-OH is 1. The second-order valence-corrected chi connectivity index (χ2v) is 4.12. The number of hydrogen-bond acceptors (Lipinski definition) is 3. The van der Waals surface area contributed by atoms with Gasteiger partial charge in [-0.1, -0.05) is 6.92 Å². The van der Waals surface area contributed by atoms with Crippen molar-refractivity contribution in [1.29, 1.82) is 0 Å². The molecule has 0 radical (unpaired) electrons. The van der Waals surface area contributed by atoms with E-state index in [-0.39, 0.29) is 18.2 Å². The van der Waals surface area contributed by atoms with Gasteiger partial charge in [-0.05, 0) is 34.2 Å². The van der Waals surface area contributed by atoms with E-state index in [1.807, 2.05) is 34.7 Å². The fourth-order valence-corrected chi connectivity index (χ4v) is 1.27. The zero-order valence-electron chi connectivity index (χ0n) is 10.2. The minimum absolute atomic E-state index is 0.204. The first-order chi connectivity index (χ1) is 6.49. The zero-order chi connectivity index (χ0) is 11.1. The van der Waals surface area contributed by atoms with Crippen LogP contribution in [0.2, 0.25) is 0 Å². The molecule has 0 aliphatic rings. The first-order valence-corrected chi connectivity index (χ1v) is 5.48. The fraction of sp³-hybridized carbons (Fsp3) is 1.00. The molecule has 14 heavy (non-hydrogen) atoms. The van der Waals surface area contributed by atoms with Gasteiger partial charge in [0.05, 0.1) is 18.8 Å². The molecule has 2 atom stereocenters. The summed E-state index contributed by atoms with van der Waals surface area (Å²) in [5, 5.41) is 9.62. The van der Waals surface area contributed by atoms with E-state index in [0.29, 0.717) is 0 Å². The lowest BCUT2D eigenvalue weighted by Crippen LogP contribution is -2.40. The maximum absolute atomic E-state index is 9.62. The first-order valence-electron chi connectivity index (χ1n) is 5.48. The fourth-order valence-electron chi connectivity index (χ4n) is 1.27. The van der Waals surface area contributed by atoms with Crippen LogP contribution in [0.25, 0.3) is 0 Å². The lowest BCUT2D eigenvalue weighted by atomic mass is 10.1. The van der Waals surface area contributed by atoms with Gasteiger partial charge in [-0.2, -0.15) is 0 Å². The van der Waals surface area contributed by atoms with Crippen molar-refractivity contribution in [3.05, 3.63) is 0 Å². The van der Waals surface area contributed by atoms with Crippen LogP contribution in [0.4, 0.5) is 0 Å². The van der Waals surface area contributed by atoms with Crippen molar-refractivity contribution in [3.8, 4) is 0 Å². The summed E-state index contributed by atoms with van der Waals surface area (Å²) in [6, 6.07) is 0.204. The number of likely N-dealkylation sites (N-methyl/N-ethyl adjacent to an activating group) is 1. The van der Waals surface area contributed by atoms with Crippen LogP contribution in [0.5, 0.6) is 0 Å². The second kappa shape index (κ2) is 7.21. The molecule has 0 aliphatic heterocycles. The summed E-state index contributed by atoms with van der Waals surface area (Å²) in [6.07, 6.45) is 0.852. The first kappa shape index (κ1) is 13.9. The maximum Gasteiger partial charge on any atom is 0.0690 e. The summed E-state index contributed by atoms with van der Waals surface area (Å²) in [7, 11) is 2.02. The molecule has 86 valence electrons. The van der Waals surface area contributed by atoms with Gasteiger partial charge in [-0.3, -0.25) is 4.90 Å². The third kappa shape index (κ3) is 5.58. The molecule has 0 rings (SSSR count). The smallest absolute Gasteiger partial charge is 0.0690 e. The molecule has 0 aromatic heterocycles. The van der Waals surface area contributed by atoms with E-state index < -0.39 is 0 Å². The number of aliphatic hydroxyl groups is 1. The van der Waals surface area contributed by atoms with Crippen molar-refractivity contribution in [2.24, 2.45) is 0 Å². The Kier molecular flexibility index (Phi) is 7.15. The topological polar surface area (TPSA) is 32.7 Å². The summed E-state index contributed by atoms with van der Waals surface area (Å²) in [4.78, 5) is 2.14. The molecule has 1 N–H and O–H groups in total. The third-order valence-electron chi connectivity index (χ3n) is 2.57. The molecule has 0 aromatic carbocycles. The van der Waals surface area contributed by atoms with Crippen molar-refractivity contribution in [1.82, 2.24) is 4.90 Å². The Balaban J connectivity index is 3.67. The van der Waals surface area contributed by atoms with Crippen LogP contribution in [-0.4, -0.2) is 48.5 Å². The van der Waals surface area contributed by atoms with E-state index in [0.717, 1.165) is 19.6 Å². The van der Waals surface area contributed by atoms with Crippen LogP contribution < -0.4 is 0 Å². The summed E-state index contributed by atoms with van der Waals surface area (Å²) < 4.78 is 5.45. The lowest BCUT2D eigenvalue weighted by molar-refractivity contribution is 0.0287. The van der Waals surface area contributed by atoms with Gasteiger partial charge in [-0.15, -0.1) is 0 Å². The van der Waals surface area contributed by atoms with Crippen molar-refractivity contribution in [3.63, 3.8) is 0 Å². The monoisotopic (exact) mass is 203 g/mol. The summed E-state index contributed by atoms with van der Waals surface area (Å²) in [5.41, 5.74) is 0. The third-order valence-corrected chi connectivity index (χ3v) is 2.57. The van der Waals surface area contributed by atoms with Crippen molar-refractivity contribution in [2.45, 2.75) is 52.4 Å². The van der Waals surface area contributed by atoms with E-state index in [2.05, 4.69) is 4.90 Å². The molecule has 0 aromatic rings.